The van der Waals surface area contributed by atoms with Crippen molar-refractivity contribution in [2.45, 2.75) is 19.1 Å². The van der Waals surface area contributed by atoms with Crippen molar-refractivity contribution in [3.05, 3.63) is 59.2 Å². The van der Waals surface area contributed by atoms with Gasteiger partial charge in [0.05, 0.1) is 6.61 Å². The summed E-state index contributed by atoms with van der Waals surface area (Å²) in [5, 5.41) is 26.0. The number of hydrogen-bond acceptors (Lipinski definition) is 5. The molecule has 0 radical (unpaired) electrons. The minimum absolute atomic E-state index is 0.0175. The van der Waals surface area contributed by atoms with Crippen molar-refractivity contribution < 1.29 is 24.5 Å². The number of aliphatic hydroxyl groups excluding tert-OH is 1. The number of ether oxygens (including phenoxy) is 2. The summed E-state index contributed by atoms with van der Waals surface area (Å²) in [7, 11) is 0. The van der Waals surface area contributed by atoms with Crippen LogP contribution in [-0.2, 0) is 17.8 Å². The minimum Gasteiger partial charge on any atom is -0.491 e. The Balaban J connectivity index is 1.77. The number of aliphatic carboxylic acids is 1. The Morgan fingerprint density at radius 1 is 1.18 bits per heavy atom. The van der Waals surface area contributed by atoms with Gasteiger partial charge >= 0.3 is 5.97 Å². The van der Waals surface area contributed by atoms with Gasteiger partial charge in [0.2, 0.25) is 6.10 Å². The largest absolute Gasteiger partial charge is 0.491 e. The summed E-state index contributed by atoms with van der Waals surface area (Å²) in [4.78, 5) is 13.5. The average Bonchev–Trinajstić information content (AvgIpc) is 2.70. The molecule has 0 saturated carbocycles. The fraction of sp³-hybridized carbons (Fsp3) is 0.300. The molecule has 8 nitrogen and oxygen atoms in total. The molecule has 0 amide bonds. The predicted octanol–water partition coefficient (Wildman–Crippen LogP) is 1.51. The van der Waals surface area contributed by atoms with E-state index in [2.05, 4.69) is 0 Å². The molecule has 0 aromatic heterocycles. The van der Waals surface area contributed by atoms with E-state index in [1.54, 1.807) is 41.3 Å². The van der Waals surface area contributed by atoms with Gasteiger partial charge in [0, 0.05) is 18.7 Å². The lowest BCUT2D eigenvalue weighted by Gasteiger charge is -2.29. The fourth-order valence-corrected chi connectivity index (χ4v) is 3.11. The number of carbonyl (C=O) groups is 1. The van der Waals surface area contributed by atoms with Crippen molar-refractivity contribution in [1.29, 1.82) is 5.41 Å². The van der Waals surface area contributed by atoms with Crippen molar-refractivity contribution in [3.63, 3.8) is 0 Å². The van der Waals surface area contributed by atoms with Crippen LogP contribution in [-0.4, -0.2) is 46.8 Å². The third kappa shape index (κ3) is 4.52. The smallest absolute Gasteiger partial charge is 0.349 e. The minimum atomic E-state index is -1.17. The van der Waals surface area contributed by atoms with Crippen LogP contribution >= 0.6 is 0 Å². The third-order valence-electron chi connectivity index (χ3n) is 4.55. The van der Waals surface area contributed by atoms with Crippen LogP contribution < -0.4 is 15.2 Å². The summed E-state index contributed by atoms with van der Waals surface area (Å²) in [5.41, 5.74) is 8.17. The molecule has 0 bridgehead atoms. The summed E-state index contributed by atoms with van der Waals surface area (Å²) in [6.07, 6.45) is -0.398. The summed E-state index contributed by atoms with van der Waals surface area (Å²) in [6, 6.07) is 12.0. The van der Waals surface area contributed by atoms with Crippen molar-refractivity contribution in [3.8, 4) is 11.5 Å². The van der Waals surface area contributed by atoms with E-state index in [1.165, 1.54) is 0 Å². The quantitative estimate of drug-likeness (QED) is 0.420. The molecule has 1 atom stereocenters. The van der Waals surface area contributed by atoms with Gasteiger partial charge in [0.15, 0.2) is 5.96 Å². The summed E-state index contributed by atoms with van der Waals surface area (Å²) in [6.45, 7) is 1.26. The standard InChI is InChI=1S/C20H23N3O5/c21-20(22)23-8-7-13-1-6-17(11-15(13)12-23)28-18(19(25)26)14-2-4-16(5-3-14)27-10-9-24/h1-6,11,18,24H,7-10,12H2,(H3,21,22)(H,25,26). The molecule has 28 heavy (non-hydrogen) atoms. The number of nitrogens with one attached hydrogen (secondary N) is 1. The first-order valence-corrected chi connectivity index (χ1v) is 8.92. The van der Waals surface area contributed by atoms with Gasteiger partial charge in [-0.15, -0.1) is 0 Å². The zero-order chi connectivity index (χ0) is 20.1. The highest BCUT2D eigenvalue weighted by molar-refractivity contribution is 5.75. The van der Waals surface area contributed by atoms with Crippen LogP contribution in [0.15, 0.2) is 42.5 Å². The molecule has 3 rings (SSSR count). The van der Waals surface area contributed by atoms with Gasteiger partial charge in [-0.2, -0.15) is 0 Å². The molecule has 0 saturated heterocycles. The second kappa shape index (κ2) is 8.62. The van der Waals surface area contributed by atoms with E-state index in [-0.39, 0.29) is 19.2 Å². The number of carboxylic acids is 1. The average molecular weight is 385 g/mol. The Bertz CT molecular complexity index is 853. The van der Waals surface area contributed by atoms with E-state index in [0.29, 0.717) is 30.2 Å². The fourth-order valence-electron chi connectivity index (χ4n) is 3.11. The molecular formula is C20H23N3O5. The molecule has 2 aromatic carbocycles. The SMILES string of the molecule is N=C(N)N1CCc2ccc(OC(C(=O)O)c3ccc(OCCO)cc3)cc2C1. The number of carboxylic acid groups (broad SMARTS) is 1. The molecule has 0 aliphatic carbocycles. The number of fused-ring (bicyclic) bond motifs is 1. The highest BCUT2D eigenvalue weighted by atomic mass is 16.5. The maximum Gasteiger partial charge on any atom is 0.349 e. The second-order valence-corrected chi connectivity index (χ2v) is 6.46. The lowest BCUT2D eigenvalue weighted by atomic mass is 9.99. The van der Waals surface area contributed by atoms with Gasteiger partial charge < -0.3 is 30.3 Å². The Morgan fingerprint density at radius 3 is 2.54 bits per heavy atom. The van der Waals surface area contributed by atoms with Gasteiger partial charge in [-0.05, 0) is 41.8 Å². The zero-order valence-electron chi connectivity index (χ0n) is 15.3. The number of hydrogen-bond donors (Lipinski definition) is 4. The Kier molecular flexibility index (Phi) is 6.00. The number of nitrogens with two attached hydrogens (primary N) is 1. The van der Waals surface area contributed by atoms with Gasteiger partial charge in [0.1, 0.15) is 18.1 Å². The molecular weight excluding hydrogens is 362 g/mol. The molecule has 0 spiro atoms. The number of benzene rings is 2. The monoisotopic (exact) mass is 385 g/mol. The van der Waals surface area contributed by atoms with E-state index in [1.807, 2.05) is 6.07 Å². The molecule has 1 heterocycles. The highest BCUT2D eigenvalue weighted by Crippen LogP contribution is 2.28. The summed E-state index contributed by atoms with van der Waals surface area (Å²) < 4.78 is 11.1. The molecule has 1 aliphatic rings. The van der Waals surface area contributed by atoms with Gasteiger partial charge in [-0.3, -0.25) is 5.41 Å². The van der Waals surface area contributed by atoms with E-state index in [4.69, 9.17) is 25.7 Å². The maximum atomic E-state index is 11.7. The Morgan fingerprint density at radius 2 is 1.89 bits per heavy atom. The van der Waals surface area contributed by atoms with E-state index < -0.39 is 12.1 Å². The summed E-state index contributed by atoms with van der Waals surface area (Å²) >= 11 is 0. The van der Waals surface area contributed by atoms with Crippen molar-refractivity contribution >= 4 is 11.9 Å². The molecule has 1 unspecified atom stereocenters. The van der Waals surface area contributed by atoms with Crippen LogP contribution in [0.3, 0.4) is 0 Å². The second-order valence-electron chi connectivity index (χ2n) is 6.46. The molecule has 1 aliphatic heterocycles. The van der Waals surface area contributed by atoms with Gasteiger partial charge in [0.25, 0.3) is 0 Å². The molecule has 5 N–H and O–H groups in total. The van der Waals surface area contributed by atoms with Gasteiger partial charge in [-0.1, -0.05) is 18.2 Å². The van der Waals surface area contributed by atoms with Gasteiger partial charge in [-0.25, -0.2) is 4.79 Å². The lowest BCUT2D eigenvalue weighted by molar-refractivity contribution is -0.145. The van der Waals surface area contributed by atoms with Crippen LogP contribution in [0.25, 0.3) is 0 Å². The van der Waals surface area contributed by atoms with E-state index in [0.717, 1.165) is 17.5 Å². The Labute approximate surface area is 162 Å². The topological polar surface area (TPSA) is 129 Å². The van der Waals surface area contributed by atoms with Crippen molar-refractivity contribution in [2.24, 2.45) is 5.73 Å². The normalized spacial score (nSPS) is 14.1. The first-order valence-electron chi connectivity index (χ1n) is 8.92. The van der Waals surface area contributed by atoms with E-state index in [9.17, 15) is 9.90 Å². The molecule has 148 valence electrons. The maximum absolute atomic E-state index is 11.7. The summed E-state index contributed by atoms with van der Waals surface area (Å²) in [5.74, 6) is -0.104. The highest BCUT2D eigenvalue weighted by Gasteiger charge is 2.23. The number of guanidine groups is 1. The first kappa shape index (κ1) is 19.5. The van der Waals surface area contributed by atoms with E-state index >= 15 is 0 Å². The third-order valence-corrected chi connectivity index (χ3v) is 4.55. The van der Waals surface area contributed by atoms with Crippen LogP contribution in [0.4, 0.5) is 0 Å². The van der Waals surface area contributed by atoms with Crippen LogP contribution in [0.1, 0.15) is 22.8 Å². The molecule has 2 aromatic rings. The van der Waals surface area contributed by atoms with Crippen LogP contribution in [0.2, 0.25) is 0 Å². The molecule has 8 heteroatoms. The first-order chi connectivity index (χ1) is 13.5. The number of rotatable bonds is 7. The molecule has 0 fully saturated rings. The predicted molar refractivity (Wildman–Crippen MR) is 102 cm³/mol. The lowest BCUT2D eigenvalue weighted by Crippen LogP contribution is -2.40. The van der Waals surface area contributed by atoms with Crippen molar-refractivity contribution in [1.82, 2.24) is 4.90 Å². The zero-order valence-corrected chi connectivity index (χ0v) is 15.3. The van der Waals surface area contributed by atoms with Crippen molar-refractivity contribution in [2.75, 3.05) is 19.8 Å². The number of aliphatic hydroxyl groups is 1. The Hall–Kier alpha value is -3.26. The number of nitrogens with zero attached hydrogens (tertiary/aromatic N) is 1. The van der Waals surface area contributed by atoms with Crippen LogP contribution in [0.5, 0.6) is 11.5 Å². The van der Waals surface area contributed by atoms with Crippen LogP contribution in [0, 0.1) is 5.41 Å².